The molecular weight excluding hydrogens is 1030 g/mol. The van der Waals surface area contributed by atoms with Crippen molar-refractivity contribution in [1.29, 1.82) is 0 Å². The van der Waals surface area contributed by atoms with E-state index < -0.39 is 144 Å². The van der Waals surface area contributed by atoms with Crippen molar-refractivity contribution >= 4 is 65.0 Å². The first-order chi connectivity index (χ1) is 36.8. The highest BCUT2D eigenvalue weighted by Gasteiger charge is 2.41. The van der Waals surface area contributed by atoms with Crippen LogP contribution in [0.15, 0.2) is 12.2 Å². The number of carbonyl (C=O) groups excluding carboxylic acids is 11. The molecule has 1 aliphatic heterocycles. The molecule has 5 N–H and O–H groups in total. The van der Waals surface area contributed by atoms with Crippen molar-refractivity contribution in [1.82, 2.24) is 55.6 Å². The molecule has 456 valence electrons. The van der Waals surface area contributed by atoms with E-state index in [-0.39, 0.29) is 55.8 Å². The van der Waals surface area contributed by atoms with Crippen LogP contribution in [0, 0.1) is 29.6 Å². The second-order valence-corrected chi connectivity index (χ2v) is 24.3. The maximum Gasteiger partial charge on any atom is 0.245 e. The van der Waals surface area contributed by atoms with Crippen LogP contribution < -0.4 is 21.3 Å². The van der Waals surface area contributed by atoms with Crippen LogP contribution in [0.4, 0.5) is 0 Å². The van der Waals surface area contributed by atoms with Gasteiger partial charge in [-0.05, 0) is 96.3 Å². The third-order valence-corrected chi connectivity index (χ3v) is 14.5. The van der Waals surface area contributed by atoms with Crippen molar-refractivity contribution in [3.63, 3.8) is 0 Å². The van der Waals surface area contributed by atoms with Gasteiger partial charge < -0.3 is 60.7 Å². The van der Waals surface area contributed by atoms with Gasteiger partial charge in [-0.2, -0.15) is 0 Å². The molecule has 1 fully saturated rings. The molecule has 80 heavy (non-hydrogen) atoms. The van der Waals surface area contributed by atoms with Crippen molar-refractivity contribution in [2.45, 2.75) is 189 Å². The molecule has 23 nitrogen and oxygen atoms in total. The summed E-state index contributed by atoms with van der Waals surface area (Å²) >= 11 is 0. The van der Waals surface area contributed by atoms with Crippen molar-refractivity contribution in [3.8, 4) is 0 Å². The van der Waals surface area contributed by atoms with Crippen LogP contribution in [0.3, 0.4) is 0 Å². The fraction of sp³-hybridized carbons (Fsp3) is 0.772. The van der Waals surface area contributed by atoms with Crippen LogP contribution in [-0.2, 0) is 52.7 Å². The SMILES string of the molecule is C/C=C/C[C@@H](C)C[C@H]1C(=O)NCC(=O)N(C)CC(=O)N(C)[C@@H](CC(C)(C)O)C(=O)NC(C(C)C)C(=O)N(C)[C@@H](CC(C)C)C(=O)N[C@@H](C)C(=O)N[C@H](C)C(=O)N(C)[C@@H](CC(C)C)C(=O)N(C)[C@@H](CC(C)C)C(=O)N(C)CC(=O)N1C. The summed E-state index contributed by atoms with van der Waals surface area (Å²) in [6, 6.07) is -9.53. The molecule has 1 rings (SSSR count). The number of aliphatic hydroxyl groups is 1. The number of nitrogens with one attached hydrogen (secondary N) is 4. The summed E-state index contributed by atoms with van der Waals surface area (Å²) in [7, 11) is 9.80. The molecule has 0 aliphatic carbocycles. The van der Waals surface area contributed by atoms with Gasteiger partial charge in [0.2, 0.25) is 65.0 Å². The minimum absolute atomic E-state index is 0.115. The third kappa shape index (κ3) is 22.1. The van der Waals surface area contributed by atoms with E-state index in [9.17, 15) is 57.8 Å². The second kappa shape index (κ2) is 32.3. The lowest BCUT2D eigenvalue weighted by molar-refractivity contribution is -0.152. The first-order valence-corrected chi connectivity index (χ1v) is 28.1. The highest BCUT2D eigenvalue weighted by atomic mass is 16.3. The largest absolute Gasteiger partial charge is 0.390 e. The highest BCUT2D eigenvalue weighted by Crippen LogP contribution is 2.23. The summed E-state index contributed by atoms with van der Waals surface area (Å²) in [5, 5.41) is 21.7. The predicted molar refractivity (Wildman–Crippen MR) is 306 cm³/mol. The predicted octanol–water partition coefficient (Wildman–Crippen LogP) is 1.61. The van der Waals surface area contributed by atoms with E-state index in [1.54, 1.807) is 13.8 Å². The Morgan fingerprint density at radius 1 is 0.500 bits per heavy atom. The molecule has 1 heterocycles. The van der Waals surface area contributed by atoms with Crippen LogP contribution in [0.25, 0.3) is 0 Å². The van der Waals surface area contributed by atoms with E-state index in [0.29, 0.717) is 6.42 Å². The maximum absolute atomic E-state index is 14.7. The monoisotopic (exact) mass is 1130 g/mol. The van der Waals surface area contributed by atoms with Crippen molar-refractivity contribution < 1.29 is 57.8 Å². The number of hydrogen-bond donors (Lipinski definition) is 5. The minimum atomic E-state index is -1.52. The normalized spacial score (nSPS) is 25.6. The molecule has 11 amide bonds. The Morgan fingerprint density at radius 3 is 1.41 bits per heavy atom. The Bertz CT molecular complexity index is 2200. The maximum atomic E-state index is 14.7. The second-order valence-electron chi connectivity index (χ2n) is 24.3. The van der Waals surface area contributed by atoms with Crippen molar-refractivity contribution in [2.24, 2.45) is 29.6 Å². The van der Waals surface area contributed by atoms with E-state index >= 15 is 0 Å². The molecule has 1 aliphatic rings. The standard InChI is InChI=1S/C57H101N11O12/c1-22-23-24-37(10)28-41-50(73)58-30-45(69)62(15)31-46(70)65(18)44(29-57(13,14)80)52(75)61-48(36(8)9)56(79)66(19)40(25-33(2)3)51(74)59-38(11)49(72)60-39(12)53(76)67(20)43(27-35(6)7)55(78)68(21)42(26-34(4)5)54(77)63(16)32-47(71)64(41)17/h22-23,33-44,48,80H,24-32H2,1-21H3,(H,58,73)(H,59,74)(H,60,72)(H,61,75)/b23-22+/t37-,38+,39-,40+,41+,42+,43+,44+,48?/m1/s1. The Balaban J connectivity index is 4.06. The molecule has 0 bridgehead atoms. The summed E-state index contributed by atoms with van der Waals surface area (Å²) in [4.78, 5) is 164. The van der Waals surface area contributed by atoms with Gasteiger partial charge in [0.25, 0.3) is 0 Å². The van der Waals surface area contributed by atoms with Gasteiger partial charge >= 0.3 is 0 Å². The average molecular weight is 1130 g/mol. The zero-order chi connectivity index (χ0) is 62.0. The van der Waals surface area contributed by atoms with Crippen LogP contribution in [-0.4, -0.2) is 227 Å². The molecule has 0 aromatic heterocycles. The molecule has 0 aromatic carbocycles. The fourth-order valence-electron chi connectivity index (χ4n) is 9.37. The number of rotatable bonds is 13. The number of nitrogens with zero attached hydrogens (tertiary/aromatic N) is 7. The van der Waals surface area contributed by atoms with Gasteiger partial charge in [0.15, 0.2) is 0 Å². The van der Waals surface area contributed by atoms with Gasteiger partial charge in [-0.1, -0.05) is 74.5 Å². The Hall–Kier alpha value is -6.13. The first-order valence-electron chi connectivity index (χ1n) is 28.1. The van der Waals surface area contributed by atoms with Gasteiger partial charge in [-0.25, -0.2) is 0 Å². The molecule has 9 atom stereocenters. The van der Waals surface area contributed by atoms with Crippen LogP contribution in [0.1, 0.15) is 135 Å². The van der Waals surface area contributed by atoms with Crippen molar-refractivity contribution in [2.75, 3.05) is 69.0 Å². The zero-order valence-electron chi connectivity index (χ0n) is 52.1. The van der Waals surface area contributed by atoms with E-state index in [1.165, 1.54) is 102 Å². The Labute approximate surface area is 477 Å². The average Bonchev–Trinajstić information content (AvgIpc) is 3.36. The number of allylic oxidation sites excluding steroid dienone is 2. The molecule has 1 saturated heterocycles. The van der Waals surface area contributed by atoms with E-state index in [0.717, 1.165) is 9.80 Å². The molecule has 23 heteroatoms. The van der Waals surface area contributed by atoms with E-state index in [1.807, 2.05) is 67.5 Å². The summed E-state index contributed by atoms with van der Waals surface area (Å²) in [5.74, 6) is -8.43. The molecule has 0 spiro atoms. The Morgan fingerprint density at radius 2 is 0.925 bits per heavy atom. The number of carbonyl (C=O) groups is 11. The Kier molecular flexibility index (Phi) is 29.1. The smallest absolute Gasteiger partial charge is 0.245 e. The van der Waals surface area contributed by atoms with Crippen LogP contribution in [0.5, 0.6) is 0 Å². The lowest BCUT2D eigenvalue weighted by atomic mass is 9.95. The molecule has 0 saturated carbocycles. The van der Waals surface area contributed by atoms with Gasteiger partial charge in [0.05, 0.1) is 25.2 Å². The molecule has 0 radical (unpaired) electrons. The van der Waals surface area contributed by atoms with Crippen LogP contribution >= 0.6 is 0 Å². The lowest BCUT2D eigenvalue weighted by Crippen LogP contribution is -2.61. The highest BCUT2D eigenvalue weighted by molar-refractivity contribution is 5.98. The summed E-state index contributed by atoms with van der Waals surface area (Å²) in [6.07, 6.45) is 4.73. The lowest BCUT2D eigenvalue weighted by Gasteiger charge is -2.38. The summed E-state index contributed by atoms with van der Waals surface area (Å²) < 4.78 is 0. The van der Waals surface area contributed by atoms with E-state index in [4.69, 9.17) is 0 Å². The third-order valence-electron chi connectivity index (χ3n) is 14.5. The summed E-state index contributed by atoms with van der Waals surface area (Å²) in [6.45, 7) is 22.4. The summed E-state index contributed by atoms with van der Waals surface area (Å²) in [5.41, 5.74) is -1.52. The minimum Gasteiger partial charge on any atom is -0.390 e. The van der Waals surface area contributed by atoms with Crippen molar-refractivity contribution in [3.05, 3.63) is 12.2 Å². The molecule has 0 aromatic rings. The van der Waals surface area contributed by atoms with Gasteiger partial charge in [-0.15, -0.1) is 0 Å². The van der Waals surface area contributed by atoms with Gasteiger partial charge in [0.1, 0.15) is 48.3 Å². The quantitative estimate of drug-likeness (QED) is 0.165. The number of amides is 11. The molecule has 1 unspecified atom stereocenters. The van der Waals surface area contributed by atoms with E-state index in [2.05, 4.69) is 21.3 Å². The number of likely N-dealkylation sites (N-methyl/N-ethyl adjacent to an activating group) is 7. The van der Waals surface area contributed by atoms with Gasteiger partial charge in [-0.3, -0.25) is 52.7 Å². The van der Waals surface area contributed by atoms with Gasteiger partial charge in [0, 0.05) is 55.8 Å². The topological polar surface area (TPSA) is 279 Å². The zero-order valence-corrected chi connectivity index (χ0v) is 52.1. The fourth-order valence-corrected chi connectivity index (χ4v) is 9.37. The molecular formula is C57H101N11O12. The number of hydrogen-bond acceptors (Lipinski definition) is 12. The first kappa shape index (κ1) is 71.9. The van der Waals surface area contributed by atoms with Crippen LogP contribution in [0.2, 0.25) is 0 Å².